The molecule has 4 nitrogen and oxygen atoms in total. The lowest BCUT2D eigenvalue weighted by molar-refractivity contribution is 0.0699. The molecule has 0 aliphatic heterocycles. The van der Waals surface area contributed by atoms with Crippen LogP contribution in [0.5, 0.6) is 0 Å². The first-order valence-electron chi connectivity index (χ1n) is 6.38. The van der Waals surface area contributed by atoms with Crippen LogP contribution in [0.2, 0.25) is 0 Å². The summed E-state index contributed by atoms with van der Waals surface area (Å²) in [5.41, 5.74) is 1.73. The molecular weight excluding hydrogens is 272 g/mol. The van der Waals surface area contributed by atoms with Crippen molar-refractivity contribution >= 4 is 28.3 Å². The number of aromatic carboxylic acids is 1. The van der Waals surface area contributed by atoms with Crippen LogP contribution in [0.4, 0.5) is 0 Å². The average molecular weight is 286 g/mol. The zero-order valence-electron chi connectivity index (χ0n) is 11.0. The van der Waals surface area contributed by atoms with Crippen LogP contribution in [0.25, 0.3) is 11.0 Å². The van der Waals surface area contributed by atoms with Gasteiger partial charge in [0, 0.05) is 11.4 Å². The largest absolute Gasteiger partial charge is 0.478 e. The fourth-order valence-corrected chi connectivity index (χ4v) is 3.09. The number of aromatic nitrogens is 2. The van der Waals surface area contributed by atoms with Gasteiger partial charge in [-0.1, -0.05) is 12.1 Å². The zero-order valence-corrected chi connectivity index (χ0v) is 11.9. The molecule has 20 heavy (non-hydrogen) atoms. The van der Waals surface area contributed by atoms with E-state index in [1.165, 1.54) is 4.88 Å². The van der Waals surface area contributed by atoms with Crippen molar-refractivity contribution in [1.82, 2.24) is 9.55 Å². The molecule has 0 fully saturated rings. The van der Waals surface area contributed by atoms with Gasteiger partial charge in [-0.2, -0.15) is 0 Å². The maximum Gasteiger partial charge on any atom is 0.337 e. The monoisotopic (exact) mass is 286 g/mol. The first-order valence-corrected chi connectivity index (χ1v) is 7.26. The molecule has 2 aromatic heterocycles. The molecule has 0 radical (unpaired) electrons. The molecule has 0 bridgehead atoms. The van der Waals surface area contributed by atoms with Crippen molar-refractivity contribution in [3.05, 3.63) is 52.0 Å². The van der Waals surface area contributed by atoms with Gasteiger partial charge < -0.3 is 9.67 Å². The number of hydrogen-bond donors (Lipinski definition) is 1. The molecule has 0 unspecified atom stereocenters. The van der Waals surface area contributed by atoms with Gasteiger partial charge >= 0.3 is 5.97 Å². The van der Waals surface area contributed by atoms with E-state index in [0.717, 1.165) is 24.3 Å². The van der Waals surface area contributed by atoms with E-state index in [2.05, 4.69) is 21.0 Å². The van der Waals surface area contributed by atoms with Gasteiger partial charge in [0.25, 0.3) is 0 Å². The van der Waals surface area contributed by atoms with E-state index in [1.54, 1.807) is 23.5 Å². The van der Waals surface area contributed by atoms with Gasteiger partial charge in [0.15, 0.2) is 0 Å². The summed E-state index contributed by atoms with van der Waals surface area (Å²) in [5, 5.41) is 11.3. The Morgan fingerprint density at radius 3 is 2.90 bits per heavy atom. The first kappa shape index (κ1) is 12.9. The predicted molar refractivity (Wildman–Crippen MR) is 79.5 cm³/mol. The topological polar surface area (TPSA) is 55.1 Å². The lowest BCUT2D eigenvalue weighted by atomic mass is 10.2. The Kier molecular flexibility index (Phi) is 3.28. The highest BCUT2D eigenvalue weighted by Gasteiger charge is 2.14. The van der Waals surface area contributed by atoms with E-state index in [4.69, 9.17) is 0 Å². The van der Waals surface area contributed by atoms with E-state index in [0.29, 0.717) is 5.52 Å². The van der Waals surface area contributed by atoms with Crippen LogP contribution >= 0.6 is 11.3 Å². The summed E-state index contributed by atoms with van der Waals surface area (Å²) in [7, 11) is 0. The van der Waals surface area contributed by atoms with Gasteiger partial charge in [0.05, 0.1) is 11.1 Å². The minimum absolute atomic E-state index is 0.264. The first-order chi connectivity index (χ1) is 9.66. The number of imidazole rings is 1. The molecular formula is C15H14N2O2S. The standard InChI is InChI=1S/C15H14N2O2S/c1-10-16-14-12(15(18)19)5-2-6-13(14)17(10)8-7-11-4-3-9-20-11/h2-6,9H,7-8H2,1H3,(H,18,19). The molecule has 102 valence electrons. The lowest BCUT2D eigenvalue weighted by Crippen LogP contribution is -2.03. The summed E-state index contributed by atoms with van der Waals surface area (Å²) < 4.78 is 2.08. The highest BCUT2D eigenvalue weighted by molar-refractivity contribution is 7.09. The second kappa shape index (κ2) is 5.09. The van der Waals surface area contributed by atoms with Gasteiger partial charge in [-0.25, -0.2) is 9.78 Å². The summed E-state index contributed by atoms with van der Waals surface area (Å²) in [5.74, 6) is -0.0798. The predicted octanol–water partition coefficient (Wildman–Crippen LogP) is 3.35. The quantitative estimate of drug-likeness (QED) is 0.800. The number of hydrogen-bond acceptors (Lipinski definition) is 3. The fourth-order valence-electron chi connectivity index (χ4n) is 2.39. The number of carboxylic acids is 1. The summed E-state index contributed by atoms with van der Waals surface area (Å²) in [4.78, 5) is 17.0. The number of benzene rings is 1. The summed E-state index contributed by atoms with van der Waals surface area (Å²) in [6, 6.07) is 9.45. The highest BCUT2D eigenvalue weighted by atomic mass is 32.1. The Balaban J connectivity index is 2.00. The van der Waals surface area contributed by atoms with Crippen LogP contribution in [0.1, 0.15) is 21.1 Å². The summed E-state index contributed by atoms with van der Waals surface area (Å²) >= 11 is 1.74. The molecule has 0 saturated heterocycles. The Morgan fingerprint density at radius 2 is 2.20 bits per heavy atom. The average Bonchev–Trinajstić information content (AvgIpc) is 3.02. The second-order valence-electron chi connectivity index (χ2n) is 4.62. The van der Waals surface area contributed by atoms with Crippen LogP contribution in [0.3, 0.4) is 0 Å². The molecule has 3 rings (SSSR count). The zero-order chi connectivity index (χ0) is 14.1. The van der Waals surface area contributed by atoms with E-state index < -0.39 is 5.97 Å². The van der Waals surface area contributed by atoms with Crippen molar-refractivity contribution in [1.29, 1.82) is 0 Å². The Bertz CT molecular complexity index is 760. The molecule has 0 atom stereocenters. The number of nitrogens with zero attached hydrogens (tertiary/aromatic N) is 2. The van der Waals surface area contributed by atoms with Crippen molar-refractivity contribution < 1.29 is 9.90 Å². The third-order valence-electron chi connectivity index (χ3n) is 3.36. The van der Waals surface area contributed by atoms with Crippen LogP contribution in [0, 0.1) is 6.92 Å². The molecule has 0 aliphatic carbocycles. The van der Waals surface area contributed by atoms with Crippen molar-refractivity contribution in [3.8, 4) is 0 Å². The van der Waals surface area contributed by atoms with Crippen molar-refractivity contribution in [2.45, 2.75) is 19.9 Å². The van der Waals surface area contributed by atoms with E-state index in [1.807, 2.05) is 19.1 Å². The molecule has 0 amide bonds. The van der Waals surface area contributed by atoms with Crippen LogP contribution < -0.4 is 0 Å². The number of para-hydroxylation sites is 1. The van der Waals surface area contributed by atoms with Crippen LogP contribution in [-0.2, 0) is 13.0 Å². The maximum absolute atomic E-state index is 11.2. The summed E-state index contributed by atoms with van der Waals surface area (Å²) in [6.45, 7) is 2.73. The van der Waals surface area contributed by atoms with E-state index in [-0.39, 0.29) is 5.56 Å². The number of fused-ring (bicyclic) bond motifs is 1. The molecule has 2 heterocycles. The van der Waals surface area contributed by atoms with Gasteiger partial charge in [-0.05, 0) is 36.9 Å². The van der Waals surface area contributed by atoms with Crippen LogP contribution in [0.15, 0.2) is 35.7 Å². The molecule has 3 aromatic rings. The summed E-state index contributed by atoms with van der Waals surface area (Å²) in [6.07, 6.45) is 0.932. The molecule has 0 spiro atoms. The third kappa shape index (κ3) is 2.20. The molecule has 1 N–H and O–H groups in total. The van der Waals surface area contributed by atoms with Crippen LogP contribution in [-0.4, -0.2) is 20.6 Å². The number of carbonyl (C=O) groups is 1. The Morgan fingerprint density at radius 1 is 1.35 bits per heavy atom. The van der Waals surface area contributed by atoms with Gasteiger partial charge in [-0.3, -0.25) is 0 Å². The normalized spacial score (nSPS) is 11.1. The number of thiophene rings is 1. The minimum atomic E-state index is -0.932. The van der Waals surface area contributed by atoms with E-state index >= 15 is 0 Å². The van der Waals surface area contributed by atoms with Crippen molar-refractivity contribution in [2.24, 2.45) is 0 Å². The Labute approximate surface area is 120 Å². The number of rotatable bonds is 4. The van der Waals surface area contributed by atoms with Gasteiger partial charge in [-0.15, -0.1) is 11.3 Å². The minimum Gasteiger partial charge on any atom is -0.478 e. The Hall–Kier alpha value is -2.14. The molecule has 0 aliphatic rings. The van der Waals surface area contributed by atoms with Gasteiger partial charge in [0.1, 0.15) is 11.3 Å². The van der Waals surface area contributed by atoms with Gasteiger partial charge in [0.2, 0.25) is 0 Å². The number of carboxylic acid groups (broad SMARTS) is 1. The van der Waals surface area contributed by atoms with Crippen molar-refractivity contribution in [2.75, 3.05) is 0 Å². The number of aryl methyl sites for hydroxylation is 3. The third-order valence-corrected chi connectivity index (χ3v) is 4.30. The maximum atomic E-state index is 11.2. The van der Waals surface area contributed by atoms with E-state index in [9.17, 15) is 9.90 Å². The second-order valence-corrected chi connectivity index (χ2v) is 5.65. The molecule has 5 heteroatoms. The fraction of sp³-hybridized carbons (Fsp3) is 0.200. The smallest absolute Gasteiger partial charge is 0.337 e. The lowest BCUT2D eigenvalue weighted by Gasteiger charge is -2.05. The molecule has 1 aromatic carbocycles. The molecule has 0 saturated carbocycles. The van der Waals surface area contributed by atoms with Crippen molar-refractivity contribution in [3.63, 3.8) is 0 Å². The SMILES string of the molecule is Cc1nc2c(C(=O)O)cccc2n1CCc1cccs1. The highest BCUT2D eigenvalue weighted by Crippen LogP contribution is 2.21.